The topological polar surface area (TPSA) is 58.9 Å². The first kappa shape index (κ1) is 17.1. The van der Waals surface area contributed by atoms with E-state index in [-0.39, 0.29) is 22.9 Å². The number of oxime groups is 1. The second-order valence-electron chi connectivity index (χ2n) is 9.28. The summed E-state index contributed by atoms with van der Waals surface area (Å²) in [5.74, 6) is 1.93. The van der Waals surface area contributed by atoms with Gasteiger partial charge in [-0.15, -0.1) is 0 Å². The van der Waals surface area contributed by atoms with Crippen LogP contribution >= 0.6 is 0 Å². The zero-order valence-corrected chi connectivity index (χ0v) is 15.8. The number of ether oxygens (including phenoxy) is 1. The highest BCUT2D eigenvalue weighted by atomic mass is 16.5. The third-order valence-electron chi connectivity index (χ3n) is 8.25. The molecule has 4 aliphatic rings. The second kappa shape index (κ2) is 5.85. The van der Waals surface area contributed by atoms with Crippen molar-refractivity contribution < 1.29 is 14.7 Å². The number of nitrogens with zero attached hydrogens (tertiary/aromatic N) is 1. The van der Waals surface area contributed by atoms with Crippen LogP contribution in [0.25, 0.3) is 0 Å². The minimum Gasteiger partial charge on any atom is -0.462 e. The first-order chi connectivity index (χ1) is 11.9. The van der Waals surface area contributed by atoms with Crippen LogP contribution in [-0.4, -0.2) is 23.0 Å². The molecule has 4 rings (SSSR count). The van der Waals surface area contributed by atoms with Gasteiger partial charge in [-0.25, -0.2) is 0 Å². The normalized spacial score (nSPS) is 47.5. The van der Waals surface area contributed by atoms with Crippen molar-refractivity contribution in [2.75, 3.05) is 0 Å². The number of esters is 1. The Morgan fingerprint density at radius 1 is 1.20 bits per heavy atom. The van der Waals surface area contributed by atoms with E-state index in [1.807, 2.05) is 0 Å². The predicted molar refractivity (Wildman–Crippen MR) is 96.5 cm³/mol. The van der Waals surface area contributed by atoms with Crippen molar-refractivity contribution in [2.24, 2.45) is 33.7 Å². The second-order valence-corrected chi connectivity index (χ2v) is 9.28. The van der Waals surface area contributed by atoms with Crippen LogP contribution in [0.15, 0.2) is 16.8 Å². The van der Waals surface area contributed by atoms with Gasteiger partial charge in [-0.1, -0.05) is 30.7 Å². The number of hydrogen-bond donors (Lipinski definition) is 1. The summed E-state index contributed by atoms with van der Waals surface area (Å²) in [6.07, 6.45) is 11.2. The molecule has 0 aromatic heterocycles. The maximum absolute atomic E-state index is 11.3. The Hall–Kier alpha value is -1.32. The van der Waals surface area contributed by atoms with E-state index >= 15 is 0 Å². The van der Waals surface area contributed by atoms with Gasteiger partial charge in [0.15, 0.2) is 0 Å². The van der Waals surface area contributed by atoms with Crippen molar-refractivity contribution in [1.82, 2.24) is 0 Å². The summed E-state index contributed by atoms with van der Waals surface area (Å²) < 4.78 is 5.51. The molecular weight excluding hydrogens is 314 g/mol. The van der Waals surface area contributed by atoms with E-state index in [1.165, 1.54) is 25.3 Å². The van der Waals surface area contributed by atoms with E-state index in [0.717, 1.165) is 50.2 Å². The molecule has 0 bridgehead atoms. The van der Waals surface area contributed by atoms with Crippen LogP contribution in [0.2, 0.25) is 0 Å². The van der Waals surface area contributed by atoms with Crippen molar-refractivity contribution in [3.63, 3.8) is 0 Å². The highest BCUT2D eigenvalue weighted by Crippen LogP contribution is 2.64. The Morgan fingerprint density at radius 2 is 1.92 bits per heavy atom. The lowest BCUT2D eigenvalue weighted by Gasteiger charge is -2.57. The van der Waals surface area contributed by atoms with E-state index in [4.69, 9.17) is 4.74 Å². The quantitative estimate of drug-likeness (QED) is 0.324. The fourth-order valence-corrected chi connectivity index (χ4v) is 6.92. The van der Waals surface area contributed by atoms with Gasteiger partial charge in [-0.3, -0.25) is 4.79 Å². The summed E-state index contributed by atoms with van der Waals surface area (Å²) in [4.78, 5) is 11.3. The van der Waals surface area contributed by atoms with Gasteiger partial charge in [0.1, 0.15) is 6.10 Å². The fraction of sp³-hybridized carbons (Fsp3) is 0.810. The molecule has 4 aliphatic carbocycles. The summed E-state index contributed by atoms with van der Waals surface area (Å²) in [7, 11) is 0. The summed E-state index contributed by atoms with van der Waals surface area (Å²) >= 11 is 0. The lowest BCUT2D eigenvalue weighted by molar-refractivity contribution is -0.148. The van der Waals surface area contributed by atoms with Crippen molar-refractivity contribution in [3.8, 4) is 0 Å². The molecule has 138 valence electrons. The standard InChI is InChI=1S/C21H31NO3/c1-13(23)25-15-8-10-20(2)14(12-15)4-5-16-17-6-7-19(22-24)21(17,3)11-9-18(16)20/h4,15-18,24H,5-12H2,1-3H3/b22-19+. The smallest absolute Gasteiger partial charge is 0.302 e. The van der Waals surface area contributed by atoms with Gasteiger partial charge in [-0.2, -0.15) is 0 Å². The average molecular weight is 345 g/mol. The molecule has 0 aromatic carbocycles. The van der Waals surface area contributed by atoms with Crippen LogP contribution in [0, 0.1) is 28.6 Å². The molecule has 0 heterocycles. The van der Waals surface area contributed by atoms with Gasteiger partial charge in [0.25, 0.3) is 0 Å². The molecule has 3 saturated carbocycles. The van der Waals surface area contributed by atoms with Gasteiger partial charge in [0.2, 0.25) is 0 Å². The SMILES string of the molecule is CC(=O)OC1CCC2(C)C(=CCC3C2CCC2(C)/C(=N/O)CCC32)C1. The van der Waals surface area contributed by atoms with Crippen molar-refractivity contribution in [1.29, 1.82) is 0 Å². The van der Waals surface area contributed by atoms with Crippen LogP contribution in [-0.2, 0) is 9.53 Å². The minimum absolute atomic E-state index is 0.0711. The number of hydrogen-bond acceptors (Lipinski definition) is 4. The Labute approximate surface area is 150 Å². The zero-order valence-electron chi connectivity index (χ0n) is 15.8. The van der Waals surface area contributed by atoms with Crippen LogP contribution in [0.3, 0.4) is 0 Å². The molecular formula is C21H31NO3. The van der Waals surface area contributed by atoms with Gasteiger partial charge >= 0.3 is 5.97 Å². The van der Waals surface area contributed by atoms with E-state index < -0.39 is 0 Å². The molecule has 6 unspecified atom stereocenters. The molecule has 4 nitrogen and oxygen atoms in total. The molecule has 6 atom stereocenters. The molecule has 0 saturated heterocycles. The number of allylic oxidation sites excluding steroid dienone is 1. The Kier molecular flexibility index (Phi) is 4.01. The lowest BCUT2D eigenvalue weighted by Crippen LogP contribution is -2.50. The van der Waals surface area contributed by atoms with E-state index in [1.54, 1.807) is 0 Å². The minimum atomic E-state index is -0.155. The van der Waals surface area contributed by atoms with Crippen molar-refractivity contribution in [2.45, 2.75) is 78.2 Å². The van der Waals surface area contributed by atoms with Crippen LogP contribution in [0.1, 0.15) is 72.1 Å². The Morgan fingerprint density at radius 3 is 2.64 bits per heavy atom. The number of carbonyl (C=O) groups excluding carboxylic acids is 1. The van der Waals surface area contributed by atoms with E-state index in [0.29, 0.717) is 11.8 Å². The largest absolute Gasteiger partial charge is 0.462 e. The average Bonchev–Trinajstić information content (AvgIpc) is 2.91. The molecule has 0 aromatic rings. The van der Waals surface area contributed by atoms with E-state index in [2.05, 4.69) is 25.1 Å². The molecule has 4 heteroatoms. The molecule has 3 fully saturated rings. The van der Waals surface area contributed by atoms with Gasteiger partial charge in [-0.05, 0) is 68.1 Å². The van der Waals surface area contributed by atoms with E-state index in [9.17, 15) is 10.0 Å². The lowest BCUT2D eigenvalue weighted by atomic mass is 9.48. The van der Waals surface area contributed by atoms with Gasteiger partial charge in [0, 0.05) is 18.8 Å². The molecule has 0 amide bonds. The predicted octanol–water partition coefficient (Wildman–Crippen LogP) is 4.71. The summed E-state index contributed by atoms with van der Waals surface area (Å²) in [6.45, 7) is 6.30. The number of rotatable bonds is 1. The highest BCUT2D eigenvalue weighted by Gasteiger charge is 2.58. The summed E-state index contributed by atoms with van der Waals surface area (Å²) in [5.41, 5.74) is 2.94. The maximum Gasteiger partial charge on any atom is 0.302 e. The first-order valence-corrected chi connectivity index (χ1v) is 9.96. The highest BCUT2D eigenvalue weighted by molar-refractivity contribution is 5.92. The van der Waals surface area contributed by atoms with Gasteiger partial charge in [0.05, 0.1) is 5.71 Å². The molecule has 1 N–H and O–H groups in total. The Balaban J connectivity index is 1.60. The fourth-order valence-electron chi connectivity index (χ4n) is 6.92. The molecule has 0 spiro atoms. The molecule has 0 radical (unpaired) electrons. The maximum atomic E-state index is 11.3. The summed E-state index contributed by atoms with van der Waals surface area (Å²) in [6, 6.07) is 0. The summed E-state index contributed by atoms with van der Waals surface area (Å²) in [5, 5.41) is 13.1. The zero-order chi connectivity index (χ0) is 17.8. The van der Waals surface area contributed by atoms with Gasteiger partial charge < -0.3 is 9.94 Å². The van der Waals surface area contributed by atoms with Crippen LogP contribution in [0.5, 0.6) is 0 Å². The monoisotopic (exact) mass is 345 g/mol. The van der Waals surface area contributed by atoms with Crippen molar-refractivity contribution in [3.05, 3.63) is 11.6 Å². The first-order valence-electron chi connectivity index (χ1n) is 9.96. The van der Waals surface area contributed by atoms with Crippen LogP contribution in [0.4, 0.5) is 0 Å². The third kappa shape index (κ3) is 2.47. The molecule has 0 aliphatic heterocycles. The number of carbonyl (C=O) groups is 1. The van der Waals surface area contributed by atoms with Crippen LogP contribution < -0.4 is 0 Å². The van der Waals surface area contributed by atoms with Crippen molar-refractivity contribution >= 4 is 11.7 Å². The molecule has 25 heavy (non-hydrogen) atoms. The Bertz CT molecular complexity index is 639. The third-order valence-corrected chi connectivity index (χ3v) is 8.25. The number of fused-ring (bicyclic) bond motifs is 5.